The molecule has 0 fully saturated rings. The zero-order valence-corrected chi connectivity index (χ0v) is 10.4. The molecule has 0 radical (unpaired) electrons. The molecule has 1 aromatic rings. The van der Waals surface area contributed by atoms with Gasteiger partial charge in [0.05, 0.1) is 0 Å². The van der Waals surface area contributed by atoms with Crippen LogP contribution in [-0.2, 0) is 11.2 Å². The lowest BCUT2D eigenvalue weighted by molar-refractivity contribution is -0.135. The molecule has 0 unspecified atom stereocenters. The van der Waals surface area contributed by atoms with Gasteiger partial charge in [0.25, 0.3) is 5.91 Å². The number of benzene rings is 1. The third kappa shape index (κ3) is 2.99. The lowest BCUT2D eigenvalue weighted by Crippen LogP contribution is -2.35. The van der Waals surface area contributed by atoms with Gasteiger partial charge in [-0.25, -0.2) is 0 Å². The summed E-state index contributed by atoms with van der Waals surface area (Å²) in [5.74, 6) is 0.776. The highest BCUT2D eigenvalue weighted by atomic mass is 16.5. The van der Waals surface area contributed by atoms with Crippen molar-refractivity contribution in [2.24, 2.45) is 0 Å². The first-order valence-electron chi connectivity index (χ1n) is 5.52. The Hall–Kier alpha value is -1.51. The maximum absolute atomic E-state index is 11.6. The summed E-state index contributed by atoms with van der Waals surface area (Å²) in [6.07, 6.45) is 0.460. The molecule has 1 amide bonds. The van der Waals surface area contributed by atoms with Crippen molar-refractivity contribution in [3.63, 3.8) is 0 Å². The van der Waals surface area contributed by atoms with E-state index in [9.17, 15) is 4.79 Å². The molecule has 1 aromatic carbocycles. The number of hydrogen-bond acceptors (Lipinski definition) is 2. The Labute approximate surface area is 97.0 Å². The van der Waals surface area contributed by atoms with Gasteiger partial charge in [0.2, 0.25) is 0 Å². The maximum Gasteiger partial charge on any atom is 0.262 e. The minimum Gasteiger partial charge on any atom is -0.481 e. The molecule has 16 heavy (non-hydrogen) atoms. The number of ether oxygens (including phenoxy) is 1. The van der Waals surface area contributed by atoms with Crippen LogP contribution in [0, 0.1) is 0 Å². The lowest BCUT2D eigenvalue weighted by atomic mass is 10.1. The van der Waals surface area contributed by atoms with E-state index in [1.54, 1.807) is 25.9 Å². The highest BCUT2D eigenvalue weighted by molar-refractivity contribution is 5.80. The van der Waals surface area contributed by atoms with Gasteiger partial charge < -0.3 is 9.64 Å². The number of rotatable bonds is 4. The first kappa shape index (κ1) is 12.6. The molecular weight excluding hydrogens is 202 g/mol. The van der Waals surface area contributed by atoms with Gasteiger partial charge >= 0.3 is 0 Å². The Balaban J connectivity index is 2.76. The summed E-state index contributed by atoms with van der Waals surface area (Å²) in [6.45, 7) is 3.84. The van der Waals surface area contributed by atoms with Gasteiger partial charge in [0.15, 0.2) is 6.10 Å². The summed E-state index contributed by atoms with van der Waals surface area (Å²) in [5.41, 5.74) is 1.13. The van der Waals surface area contributed by atoms with Crippen LogP contribution in [0.2, 0.25) is 0 Å². The Bertz CT molecular complexity index is 361. The van der Waals surface area contributed by atoms with Crippen molar-refractivity contribution < 1.29 is 9.53 Å². The monoisotopic (exact) mass is 221 g/mol. The van der Waals surface area contributed by atoms with Crippen LogP contribution in [0.4, 0.5) is 0 Å². The second-order valence-corrected chi connectivity index (χ2v) is 3.95. The normalized spacial score (nSPS) is 12.0. The third-order valence-corrected chi connectivity index (χ3v) is 2.45. The molecule has 0 aromatic heterocycles. The van der Waals surface area contributed by atoms with E-state index < -0.39 is 6.10 Å². The standard InChI is InChI=1S/C13H19NO2/c1-5-11-8-6-7-9-12(11)16-10(2)13(15)14(3)4/h6-10H,5H2,1-4H3/t10-/m0/s1. The number of hydrogen-bond donors (Lipinski definition) is 0. The number of para-hydroxylation sites is 1. The molecule has 1 rings (SSSR count). The molecule has 0 N–H and O–H groups in total. The number of aryl methyl sites for hydroxylation is 1. The summed E-state index contributed by atoms with van der Waals surface area (Å²) in [5, 5.41) is 0. The first-order valence-corrected chi connectivity index (χ1v) is 5.52. The van der Waals surface area contributed by atoms with Crippen molar-refractivity contribution in [2.75, 3.05) is 14.1 Å². The van der Waals surface area contributed by atoms with Gasteiger partial charge in [-0.05, 0) is 25.0 Å². The van der Waals surface area contributed by atoms with Crippen molar-refractivity contribution in [2.45, 2.75) is 26.4 Å². The fourth-order valence-corrected chi connectivity index (χ4v) is 1.52. The summed E-state index contributed by atoms with van der Waals surface area (Å²) >= 11 is 0. The Morgan fingerprint density at radius 1 is 1.38 bits per heavy atom. The maximum atomic E-state index is 11.6. The van der Waals surface area contributed by atoms with Crippen molar-refractivity contribution in [1.82, 2.24) is 4.90 Å². The van der Waals surface area contributed by atoms with E-state index >= 15 is 0 Å². The highest BCUT2D eigenvalue weighted by Crippen LogP contribution is 2.19. The van der Waals surface area contributed by atoms with Crippen LogP contribution in [0.1, 0.15) is 19.4 Å². The summed E-state index contributed by atoms with van der Waals surface area (Å²) < 4.78 is 5.67. The zero-order valence-electron chi connectivity index (χ0n) is 10.4. The van der Waals surface area contributed by atoms with Crippen LogP contribution < -0.4 is 4.74 Å². The molecule has 3 nitrogen and oxygen atoms in total. The largest absolute Gasteiger partial charge is 0.481 e. The van der Waals surface area contributed by atoms with Crippen molar-refractivity contribution in [3.8, 4) is 5.75 Å². The summed E-state index contributed by atoms with van der Waals surface area (Å²) in [6, 6.07) is 7.81. The summed E-state index contributed by atoms with van der Waals surface area (Å²) in [4.78, 5) is 13.2. The van der Waals surface area contributed by atoms with E-state index in [1.165, 1.54) is 0 Å². The first-order chi connectivity index (χ1) is 7.56. The van der Waals surface area contributed by atoms with Crippen LogP contribution in [0.5, 0.6) is 5.75 Å². The zero-order chi connectivity index (χ0) is 12.1. The van der Waals surface area contributed by atoms with Crippen molar-refractivity contribution in [1.29, 1.82) is 0 Å². The highest BCUT2D eigenvalue weighted by Gasteiger charge is 2.17. The molecule has 1 atom stereocenters. The van der Waals surface area contributed by atoms with E-state index in [4.69, 9.17) is 4.74 Å². The molecule has 0 aliphatic rings. The number of carbonyl (C=O) groups is 1. The molecule has 88 valence electrons. The van der Waals surface area contributed by atoms with Gasteiger partial charge in [-0.3, -0.25) is 4.79 Å². The van der Waals surface area contributed by atoms with E-state index in [-0.39, 0.29) is 5.91 Å². The van der Waals surface area contributed by atoms with Crippen molar-refractivity contribution >= 4 is 5.91 Å². The Morgan fingerprint density at radius 3 is 2.56 bits per heavy atom. The van der Waals surface area contributed by atoms with E-state index in [0.29, 0.717) is 0 Å². The second-order valence-electron chi connectivity index (χ2n) is 3.95. The molecule has 0 spiro atoms. The van der Waals surface area contributed by atoms with Crippen LogP contribution in [-0.4, -0.2) is 31.0 Å². The number of amides is 1. The van der Waals surface area contributed by atoms with Crippen LogP contribution in [0.25, 0.3) is 0 Å². The van der Waals surface area contributed by atoms with E-state index in [0.717, 1.165) is 17.7 Å². The topological polar surface area (TPSA) is 29.5 Å². The van der Waals surface area contributed by atoms with Gasteiger partial charge in [0, 0.05) is 14.1 Å². The molecule has 0 aliphatic carbocycles. The fourth-order valence-electron chi connectivity index (χ4n) is 1.52. The Kier molecular flexibility index (Phi) is 4.35. The minimum absolute atomic E-state index is 0.0223. The van der Waals surface area contributed by atoms with Gasteiger partial charge in [-0.1, -0.05) is 25.1 Å². The molecular formula is C13H19NO2. The van der Waals surface area contributed by atoms with Crippen LogP contribution >= 0.6 is 0 Å². The molecule has 0 heterocycles. The lowest BCUT2D eigenvalue weighted by Gasteiger charge is -2.19. The predicted molar refractivity (Wildman–Crippen MR) is 64.6 cm³/mol. The van der Waals surface area contributed by atoms with E-state index in [2.05, 4.69) is 6.92 Å². The van der Waals surface area contributed by atoms with Crippen LogP contribution in [0.15, 0.2) is 24.3 Å². The SMILES string of the molecule is CCc1ccccc1O[C@@H](C)C(=O)N(C)C. The molecule has 0 bridgehead atoms. The van der Waals surface area contributed by atoms with E-state index in [1.807, 2.05) is 24.3 Å². The number of carbonyl (C=O) groups excluding carboxylic acids is 1. The van der Waals surface area contributed by atoms with Crippen molar-refractivity contribution in [3.05, 3.63) is 29.8 Å². The van der Waals surface area contributed by atoms with Gasteiger partial charge in [0.1, 0.15) is 5.75 Å². The predicted octanol–water partition coefficient (Wildman–Crippen LogP) is 2.10. The summed E-state index contributed by atoms with van der Waals surface area (Å²) in [7, 11) is 3.46. The second kappa shape index (κ2) is 5.54. The number of likely N-dealkylation sites (N-methyl/N-ethyl adjacent to an activating group) is 1. The molecule has 0 saturated carbocycles. The fraction of sp³-hybridized carbons (Fsp3) is 0.462. The average Bonchev–Trinajstić information content (AvgIpc) is 2.28. The molecule has 0 aliphatic heterocycles. The third-order valence-electron chi connectivity index (χ3n) is 2.45. The quantitative estimate of drug-likeness (QED) is 0.779. The van der Waals surface area contributed by atoms with Gasteiger partial charge in [-0.2, -0.15) is 0 Å². The Morgan fingerprint density at radius 2 is 2.00 bits per heavy atom. The number of nitrogens with zero attached hydrogens (tertiary/aromatic N) is 1. The van der Waals surface area contributed by atoms with Crippen LogP contribution in [0.3, 0.4) is 0 Å². The average molecular weight is 221 g/mol. The molecule has 0 saturated heterocycles. The smallest absolute Gasteiger partial charge is 0.262 e. The minimum atomic E-state index is -0.442. The van der Waals surface area contributed by atoms with Gasteiger partial charge in [-0.15, -0.1) is 0 Å². The molecule has 3 heteroatoms.